The van der Waals surface area contributed by atoms with Crippen LogP contribution in [-0.4, -0.2) is 23.3 Å². The van der Waals surface area contributed by atoms with Gasteiger partial charge in [-0.2, -0.15) is 0 Å². The molecule has 0 amide bonds. The third kappa shape index (κ3) is 2.94. The molecule has 3 nitrogen and oxygen atoms in total. The fraction of sp³-hybridized carbons (Fsp3) is 0.500. The molecule has 2 unspecified atom stereocenters. The fourth-order valence-corrected chi connectivity index (χ4v) is 3.59. The Labute approximate surface area is 126 Å². The van der Waals surface area contributed by atoms with Crippen molar-refractivity contribution in [2.45, 2.75) is 44.3 Å². The largest absolute Gasteiger partial charge is 0.386 e. The summed E-state index contributed by atoms with van der Waals surface area (Å²) in [5, 5.41) is 11.9. The van der Waals surface area contributed by atoms with Crippen molar-refractivity contribution in [3.05, 3.63) is 42.1 Å². The predicted octanol–water partition coefficient (Wildman–Crippen LogP) is 3.86. The maximum Gasteiger partial charge on any atom is 0.107 e. The van der Waals surface area contributed by atoms with Crippen LogP contribution in [0.25, 0.3) is 10.9 Å². The van der Waals surface area contributed by atoms with Gasteiger partial charge in [-0.3, -0.25) is 4.98 Å². The molecule has 1 aromatic carbocycles. The zero-order chi connectivity index (χ0) is 14.7. The van der Waals surface area contributed by atoms with E-state index >= 15 is 0 Å². The molecular formula is C18H23NO2. The van der Waals surface area contributed by atoms with E-state index in [0.717, 1.165) is 29.3 Å². The van der Waals surface area contributed by atoms with Gasteiger partial charge in [0.25, 0.3) is 0 Å². The maximum absolute atomic E-state index is 10.9. The second kappa shape index (κ2) is 6.54. The van der Waals surface area contributed by atoms with Gasteiger partial charge in [0.1, 0.15) is 6.10 Å². The Morgan fingerprint density at radius 3 is 2.67 bits per heavy atom. The van der Waals surface area contributed by atoms with Crippen LogP contribution in [0.5, 0.6) is 0 Å². The average Bonchev–Trinajstić information content (AvgIpc) is 2.56. The Hall–Kier alpha value is -1.45. The lowest BCUT2D eigenvalue weighted by molar-refractivity contribution is -0.0554. The number of hydrogen-bond donors (Lipinski definition) is 1. The highest BCUT2D eigenvalue weighted by molar-refractivity contribution is 5.81. The Balaban J connectivity index is 1.92. The molecule has 1 aliphatic rings. The minimum Gasteiger partial charge on any atom is -0.386 e. The van der Waals surface area contributed by atoms with Gasteiger partial charge in [-0.1, -0.05) is 43.5 Å². The van der Waals surface area contributed by atoms with E-state index in [1.807, 2.05) is 30.3 Å². The summed E-state index contributed by atoms with van der Waals surface area (Å²) in [6.45, 7) is 0. The van der Waals surface area contributed by atoms with Crippen molar-refractivity contribution in [1.82, 2.24) is 4.98 Å². The van der Waals surface area contributed by atoms with E-state index in [4.69, 9.17) is 4.74 Å². The van der Waals surface area contributed by atoms with Crippen LogP contribution in [0.3, 0.4) is 0 Å². The molecule has 0 saturated heterocycles. The first-order valence-electron chi connectivity index (χ1n) is 7.86. The van der Waals surface area contributed by atoms with E-state index in [1.54, 1.807) is 13.3 Å². The first-order valence-corrected chi connectivity index (χ1v) is 7.86. The molecule has 1 heterocycles. The molecule has 112 valence electrons. The number of nitrogens with zero attached hydrogens (tertiary/aromatic N) is 1. The van der Waals surface area contributed by atoms with Crippen LogP contribution >= 0.6 is 0 Å². The number of aliphatic hydroxyl groups excluding tert-OH is 1. The van der Waals surface area contributed by atoms with Crippen molar-refractivity contribution >= 4 is 10.9 Å². The minimum absolute atomic E-state index is 0.141. The number of aliphatic hydroxyl groups is 1. The van der Waals surface area contributed by atoms with Gasteiger partial charge in [-0.25, -0.2) is 0 Å². The molecule has 3 rings (SSSR count). The molecule has 1 fully saturated rings. The molecule has 1 N–H and O–H groups in total. The molecule has 2 atom stereocenters. The lowest BCUT2D eigenvalue weighted by Crippen LogP contribution is -2.31. The molecule has 2 aromatic rings. The lowest BCUT2D eigenvalue weighted by atomic mass is 9.81. The number of para-hydroxylation sites is 1. The molecule has 0 radical (unpaired) electrons. The zero-order valence-electron chi connectivity index (χ0n) is 12.5. The summed E-state index contributed by atoms with van der Waals surface area (Å²) in [4.78, 5) is 4.45. The van der Waals surface area contributed by atoms with Gasteiger partial charge < -0.3 is 9.84 Å². The van der Waals surface area contributed by atoms with E-state index in [0.29, 0.717) is 5.92 Å². The van der Waals surface area contributed by atoms with Gasteiger partial charge in [0, 0.05) is 24.3 Å². The molecule has 3 heteroatoms. The molecule has 1 aliphatic carbocycles. The molecule has 0 aliphatic heterocycles. The summed E-state index contributed by atoms with van der Waals surface area (Å²) in [6, 6.07) is 9.93. The SMILES string of the molecule is COC(C1CCCCC1)C(O)c1cccc2cccnc12. The van der Waals surface area contributed by atoms with Crippen molar-refractivity contribution in [1.29, 1.82) is 0 Å². The van der Waals surface area contributed by atoms with Crippen LogP contribution in [-0.2, 0) is 4.74 Å². The fourth-order valence-electron chi connectivity index (χ4n) is 3.59. The second-order valence-corrected chi connectivity index (χ2v) is 5.97. The summed E-state index contributed by atoms with van der Waals surface area (Å²) in [5.74, 6) is 0.442. The quantitative estimate of drug-likeness (QED) is 0.927. The molecule has 1 aromatic heterocycles. The third-order valence-electron chi connectivity index (χ3n) is 4.68. The highest BCUT2D eigenvalue weighted by Crippen LogP contribution is 2.35. The van der Waals surface area contributed by atoms with Crippen LogP contribution < -0.4 is 0 Å². The molecule has 0 bridgehead atoms. The Kier molecular flexibility index (Phi) is 4.51. The van der Waals surface area contributed by atoms with E-state index in [9.17, 15) is 5.11 Å². The van der Waals surface area contributed by atoms with E-state index in [2.05, 4.69) is 4.98 Å². The molecule has 1 saturated carbocycles. The van der Waals surface area contributed by atoms with Crippen LogP contribution in [0.15, 0.2) is 36.5 Å². The second-order valence-electron chi connectivity index (χ2n) is 5.97. The average molecular weight is 285 g/mol. The number of ether oxygens (including phenoxy) is 1. The van der Waals surface area contributed by atoms with Crippen LogP contribution in [0.2, 0.25) is 0 Å². The lowest BCUT2D eigenvalue weighted by Gasteiger charge is -2.32. The standard InChI is InChI=1S/C18H23NO2/c1-21-18(14-7-3-2-4-8-14)17(20)15-11-5-9-13-10-6-12-19-16(13)15/h5-6,9-12,14,17-18,20H,2-4,7-8H2,1H3. The molecule has 0 spiro atoms. The Morgan fingerprint density at radius 2 is 1.90 bits per heavy atom. The van der Waals surface area contributed by atoms with Crippen LogP contribution in [0, 0.1) is 5.92 Å². The van der Waals surface area contributed by atoms with Gasteiger partial charge >= 0.3 is 0 Å². The van der Waals surface area contributed by atoms with Gasteiger partial charge in [0.05, 0.1) is 11.6 Å². The number of aromatic nitrogens is 1. The summed E-state index contributed by atoms with van der Waals surface area (Å²) >= 11 is 0. The van der Waals surface area contributed by atoms with Crippen molar-refractivity contribution in [2.75, 3.05) is 7.11 Å². The van der Waals surface area contributed by atoms with Crippen molar-refractivity contribution in [3.8, 4) is 0 Å². The monoisotopic (exact) mass is 285 g/mol. The predicted molar refractivity (Wildman–Crippen MR) is 84.1 cm³/mol. The number of pyridine rings is 1. The highest BCUT2D eigenvalue weighted by atomic mass is 16.5. The third-order valence-corrected chi connectivity index (χ3v) is 4.68. The van der Waals surface area contributed by atoms with Gasteiger partial charge in [-0.15, -0.1) is 0 Å². The number of benzene rings is 1. The minimum atomic E-state index is -0.614. The summed E-state index contributed by atoms with van der Waals surface area (Å²) in [6.07, 6.45) is 7.10. The number of fused-ring (bicyclic) bond motifs is 1. The first-order chi connectivity index (χ1) is 10.3. The van der Waals surface area contributed by atoms with Crippen LogP contribution in [0.4, 0.5) is 0 Å². The molecular weight excluding hydrogens is 262 g/mol. The smallest absolute Gasteiger partial charge is 0.107 e. The summed E-state index contributed by atoms with van der Waals surface area (Å²) in [5.41, 5.74) is 1.76. The van der Waals surface area contributed by atoms with Crippen LogP contribution in [0.1, 0.15) is 43.8 Å². The van der Waals surface area contributed by atoms with Crippen molar-refractivity contribution in [3.63, 3.8) is 0 Å². The summed E-state index contributed by atoms with van der Waals surface area (Å²) < 4.78 is 5.68. The van der Waals surface area contributed by atoms with E-state index in [1.165, 1.54) is 19.3 Å². The number of rotatable bonds is 4. The number of methoxy groups -OCH3 is 1. The van der Waals surface area contributed by atoms with Crippen molar-refractivity contribution < 1.29 is 9.84 Å². The maximum atomic E-state index is 10.9. The van der Waals surface area contributed by atoms with Crippen molar-refractivity contribution in [2.24, 2.45) is 5.92 Å². The van der Waals surface area contributed by atoms with Gasteiger partial charge in [-0.05, 0) is 24.8 Å². The highest BCUT2D eigenvalue weighted by Gasteiger charge is 2.31. The van der Waals surface area contributed by atoms with E-state index < -0.39 is 6.10 Å². The normalized spacial score (nSPS) is 19.5. The first kappa shape index (κ1) is 14.5. The topological polar surface area (TPSA) is 42.4 Å². The zero-order valence-corrected chi connectivity index (χ0v) is 12.5. The molecule has 21 heavy (non-hydrogen) atoms. The van der Waals surface area contributed by atoms with E-state index in [-0.39, 0.29) is 6.10 Å². The van der Waals surface area contributed by atoms with Gasteiger partial charge in [0.2, 0.25) is 0 Å². The van der Waals surface area contributed by atoms with Gasteiger partial charge in [0.15, 0.2) is 0 Å². The Bertz CT molecular complexity index is 587. The summed E-state index contributed by atoms with van der Waals surface area (Å²) in [7, 11) is 1.71. The number of hydrogen-bond acceptors (Lipinski definition) is 3. The Morgan fingerprint density at radius 1 is 1.14 bits per heavy atom.